The number of nitrogens with zero attached hydrogens (tertiary/aromatic N) is 1. The monoisotopic (exact) mass is 387 g/mol. The summed E-state index contributed by atoms with van der Waals surface area (Å²) in [4.78, 5) is 4.36. The molecule has 0 aliphatic rings. The number of aromatic nitrogens is 1. The van der Waals surface area contributed by atoms with Gasteiger partial charge in [0, 0.05) is 5.69 Å². The third kappa shape index (κ3) is 4.05. The molecule has 2 heterocycles. The summed E-state index contributed by atoms with van der Waals surface area (Å²) in [5.74, 6) is 0.680. The topological polar surface area (TPSA) is 71.1 Å². The standard InChI is InChI=1S/C19H21N3O2S2/c1-3-14-7-5-8-15(4-2)19(14)21-17-11-10-16(13-20-17)22-26(23,24)18-9-6-12-25-18/h5-13,22H,3-4H2,1-2H3,(H,20,21). The van der Waals surface area contributed by atoms with Crippen molar-refractivity contribution in [3.63, 3.8) is 0 Å². The molecule has 0 radical (unpaired) electrons. The van der Waals surface area contributed by atoms with Gasteiger partial charge < -0.3 is 5.32 Å². The number of rotatable bonds is 7. The summed E-state index contributed by atoms with van der Waals surface area (Å²) in [5, 5.41) is 5.11. The van der Waals surface area contributed by atoms with E-state index in [1.165, 1.54) is 28.7 Å². The Balaban J connectivity index is 1.79. The molecule has 0 atom stereocenters. The van der Waals surface area contributed by atoms with Crippen molar-refractivity contribution in [1.29, 1.82) is 0 Å². The fourth-order valence-electron chi connectivity index (χ4n) is 2.68. The van der Waals surface area contributed by atoms with Gasteiger partial charge in [-0.15, -0.1) is 11.3 Å². The number of sulfonamides is 1. The molecule has 0 fully saturated rings. The van der Waals surface area contributed by atoms with Gasteiger partial charge in [-0.1, -0.05) is 38.1 Å². The van der Waals surface area contributed by atoms with Crippen molar-refractivity contribution in [3.05, 3.63) is 65.2 Å². The van der Waals surface area contributed by atoms with Gasteiger partial charge in [-0.05, 0) is 47.5 Å². The van der Waals surface area contributed by atoms with Crippen molar-refractivity contribution in [2.75, 3.05) is 10.0 Å². The molecule has 0 bridgehead atoms. The van der Waals surface area contributed by atoms with Crippen molar-refractivity contribution in [2.24, 2.45) is 0 Å². The summed E-state index contributed by atoms with van der Waals surface area (Å²) in [5.41, 5.74) is 3.97. The van der Waals surface area contributed by atoms with Crippen LogP contribution in [0.5, 0.6) is 0 Å². The molecule has 0 aliphatic carbocycles. The summed E-state index contributed by atoms with van der Waals surface area (Å²) >= 11 is 1.18. The van der Waals surface area contributed by atoms with E-state index in [0.717, 1.165) is 18.5 Å². The molecule has 0 aliphatic heterocycles. The Hall–Kier alpha value is -2.38. The molecule has 0 saturated heterocycles. The van der Waals surface area contributed by atoms with Crippen LogP contribution in [0.25, 0.3) is 0 Å². The first kappa shape index (κ1) is 18.4. The van der Waals surface area contributed by atoms with E-state index < -0.39 is 10.0 Å². The van der Waals surface area contributed by atoms with Gasteiger partial charge in [-0.2, -0.15) is 0 Å². The lowest BCUT2D eigenvalue weighted by Crippen LogP contribution is -2.11. The first-order valence-corrected chi connectivity index (χ1v) is 10.8. The molecule has 7 heteroatoms. The molecule has 3 aromatic rings. The van der Waals surface area contributed by atoms with Crippen LogP contribution in [0, 0.1) is 0 Å². The fraction of sp³-hybridized carbons (Fsp3) is 0.211. The average Bonchev–Trinajstić information content (AvgIpc) is 3.19. The lowest BCUT2D eigenvalue weighted by Gasteiger charge is -2.15. The Morgan fingerprint density at radius 2 is 1.73 bits per heavy atom. The fourth-order valence-corrected chi connectivity index (χ4v) is 4.72. The van der Waals surface area contributed by atoms with E-state index in [-0.39, 0.29) is 4.21 Å². The Kier molecular flexibility index (Phi) is 5.58. The lowest BCUT2D eigenvalue weighted by molar-refractivity contribution is 0.603. The largest absolute Gasteiger partial charge is 0.340 e. The number of aryl methyl sites for hydroxylation is 2. The van der Waals surface area contributed by atoms with Gasteiger partial charge in [0.1, 0.15) is 10.0 Å². The van der Waals surface area contributed by atoms with Crippen molar-refractivity contribution >= 4 is 38.6 Å². The molecule has 5 nitrogen and oxygen atoms in total. The van der Waals surface area contributed by atoms with Crippen molar-refractivity contribution in [3.8, 4) is 0 Å². The van der Waals surface area contributed by atoms with E-state index in [4.69, 9.17) is 0 Å². The maximum Gasteiger partial charge on any atom is 0.271 e. The van der Waals surface area contributed by atoms with Crippen LogP contribution < -0.4 is 10.0 Å². The second kappa shape index (κ2) is 7.88. The first-order chi connectivity index (χ1) is 12.5. The minimum atomic E-state index is -3.55. The highest BCUT2D eigenvalue weighted by Crippen LogP contribution is 2.26. The second-order valence-electron chi connectivity index (χ2n) is 5.75. The molecule has 0 amide bonds. The summed E-state index contributed by atoms with van der Waals surface area (Å²) in [7, 11) is -3.55. The Bertz CT molecular complexity index is 944. The van der Waals surface area contributed by atoms with Crippen LogP contribution in [0.2, 0.25) is 0 Å². The van der Waals surface area contributed by atoms with E-state index >= 15 is 0 Å². The zero-order valence-corrected chi connectivity index (χ0v) is 16.3. The van der Waals surface area contributed by atoms with Crippen LogP contribution in [-0.4, -0.2) is 13.4 Å². The third-order valence-electron chi connectivity index (χ3n) is 4.03. The van der Waals surface area contributed by atoms with E-state index in [9.17, 15) is 8.42 Å². The number of thiophene rings is 1. The maximum absolute atomic E-state index is 12.3. The predicted molar refractivity (Wildman–Crippen MR) is 108 cm³/mol. The average molecular weight is 388 g/mol. The molecule has 26 heavy (non-hydrogen) atoms. The number of nitrogens with one attached hydrogen (secondary N) is 2. The maximum atomic E-state index is 12.3. The number of benzene rings is 1. The van der Waals surface area contributed by atoms with Gasteiger partial charge >= 0.3 is 0 Å². The Labute approximate surface area is 158 Å². The minimum absolute atomic E-state index is 0.282. The number of anilines is 3. The highest BCUT2D eigenvalue weighted by Gasteiger charge is 2.15. The van der Waals surface area contributed by atoms with Gasteiger partial charge in [0.05, 0.1) is 11.9 Å². The van der Waals surface area contributed by atoms with E-state index in [1.807, 2.05) is 0 Å². The quantitative estimate of drug-likeness (QED) is 0.610. The number of hydrogen-bond acceptors (Lipinski definition) is 5. The van der Waals surface area contributed by atoms with Gasteiger partial charge in [0.25, 0.3) is 10.0 Å². The van der Waals surface area contributed by atoms with Gasteiger partial charge in [-0.3, -0.25) is 4.72 Å². The molecular formula is C19H21N3O2S2. The first-order valence-electron chi connectivity index (χ1n) is 8.43. The molecule has 0 unspecified atom stereocenters. The molecule has 3 rings (SSSR count). The highest BCUT2D eigenvalue weighted by molar-refractivity contribution is 7.94. The van der Waals surface area contributed by atoms with E-state index in [2.05, 4.69) is 47.1 Å². The molecular weight excluding hydrogens is 366 g/mol. The third-order valence-corrected chi connectivity index (χ3v) is 6.81. The molecule has 2 aromatic heterocycles. The molecule has 1 aromatic carbocycles. The lowest BCUT2D eigenvalue weighted by atomic mass is 10.0. The van der Waals surface area contributed by atoms with Crippen LogP contribution in [0.3, 0.4) is 0 Å². The van der Waals surface area contributed by atoms with Crippen molar-refractivity contribution in [2.45, 2.75) is 30.9 Å². The van der Waals surface area contributed by atoms with Crippen LogP contribution in [0.15, 0.2) is 58.3 Å². The molecule has 0 saturated carbocycles. The molecule has 136 valence electrons. The number of hydrogen-bond donors (Lipinski definition) is 2. The molecule has 2 N–H and O–H groups in total. The second-order valence-corrected chi connectivity index (χ2v) is 8.61. The number of para-hydroxylation sites is 1. The zero-order valence-electron chi connectivity index (χ0n) is 14.7. The predicted octanol–water partition coefficient (Wildman–Crippen LogP) is 4.81. The van der Waals surface area contributed by atoms with Crippen LogP contribution in [0.4, 0.5) is 17.2 Å². The Morgan fingerprint density at radius 1 is 1.00 bits per heavy atom. The smallest absolute Gasteiger partial charge is 0.271 e. The number of pyridine rings is 1. The Morgan fingerprint density at radius 3 is 2.27 bits per heavy atom. The zero-order chi connectivity index (χ0) is 18.6. The summed E-state index contributed by atoms with van der Waals surface area (Å²) < 4.78 is 27.4. The summed E-state index contributed by atoms with van der Waals surface area (Å²) in [6, 6.07) is 13.0. The molecule has 0 spiro atoms. The van der Waals surface area contributed by atoms with Gasteiger partial charge in [0.2, 0.25) is 0 Å². The SMILES string of the molecule is CCc1cccc(CC)c1Nc1ccc(NS(=O)(=O)c2cccs2)cn1. The van der Waals surface area contributed by atoms with Crippen molar-refractivity contribution in [1.82, 2.24) is 4.98 Å². The van der Waals surface area contributed by atoms with Crippen LogP contribution in [-0.2, 0) is 22.9 Å². The van der Waals surface area contributed by atoms with Crippen LogP contribution in [0.1, 0.15) is 25.0 Å². The van der Waals surface area contributed by atoms with Crippen LogP contribution >= 0.6 is 11.3 Å². The van der Waals surface area contributed by atoms with E-state index in [0.29, 0.717) is 11.5 Å². The highest BCUT2D eigenvalue weighted by atomic mass is 32.2. The normalized spacial score (nSPS) is 11.3. The van der Waals surface area contributed by atoms with Gasteiger partial charge in [-0.25, -0.2) is 13.4 Å². The summed E-state index contributed by atoms with van der Waals surface area (Å²) in [6.07, 6.45) is 3.37. The minimum Gasteiger partial charge on any atom is -0.340 e. The van der Waals surface area contributed by atoms with Crippen molar-refractivity contribution < 1.29 is 8.42 Å². The summed E-state index contributed by atoms with van der Waals surface area (Å²) in [6.45, 7) is 4.24. The van der Waals surface area contributed by atoms with Gasteiger partial charge in [0.15, 0.2) is 0 Å². The van der Waals surface area contributed by atoms with E-state index in [1.54, 1.807) is 29.6 Å².